The normalized spacial score (nSPS) is 10.8. The lowest BCUT2D eigenvalue weighted by Crippen LogP contribution is -1.86. The van der Waals surface area contributed by atoms with Crippen molar-refractivity contribution < 1.29 is 13.3 Å². The highest BCUT2D eigenvalue weighted by atomic mass is 35.5. The molecule has 0 aliphatic rings. The Kier molecular flexibility index (Phi) is 2.60. The molecule has 3 aromatic rings. The minimum absolute atomic E-state index is 0.149. The van der Waals surface area contributed by atoms with Crippen LogP contribution >= 0.6 is 11.6 Å². The van der Waals surface area contributed by atoms with Gasteiger partial charge in [-0.15, -0.1) is 0 Å². The van der Waals surface area contributed by atoms with Crippen LogP contribution in [0.1, 0.15) is 0 Å². The molecule has 0 spiro atoms. The summed E-state index contributed by atoms with van der Waals surface area (Å²) in [5, 5.41) is 4.01. The second kappa shape index (κ2) is 4.27. The number of benzene rings is 1. The van der Waals surface area contributed by atoms with E-state index in [1.807, 2.05) is 0 Å². The standard InChI is InChI=1S/C12H6ClFN2O2/c13-7-3-4-8(9(14)6-7)11-15-12(18-16-11)10-2-1-5-17-10/h1-6H. The molecule has 0 aliphatic heterocycles. The van der Waals surface area contributed by atoms with Crippen LogP contribution in [0.25, 0.3) is 23.0 Å². The molecular weight excluding hydrogens is 259 g/mol. The van der Waals surface area contributed by atoms with Crippen molar-refractivity contribution in [2.75, 3.05) is 0 Å². The lowest BCUT2D eigenvalue weighted by Gasteiger charge is -1.96. The number of aromatic nitrogens is 2. The van der Waals surface area contributed by atoms with Gasteiger partial charge in [0.15, 0.2) is 5.76 Å². The van der Waals surface area contributed by atoms with Gasteiger partial charge in [0.05, 0.1) is 11.8 Å². The highest BCUT2D eigenvalue weighted by Crippen LogP contribution is 2.25. The molecule has 6 heteroatoms. The van der Waals surface area contributed by atoms with E-state index in [0.717, 1.165) is 0 Å². The quantitative estimate of drug-likeness (QED) is 0.707. The third-order valence-electron chi connectivity index (χ3n) is 2.33. The number of nitrogens with zero attached hydrogens (tertiary/aromatic N) is 2. The average Bonchev–Trinajstić information content (AvgIpc) is 2.99. The molecule has 0 saturated carbocycles. The number of furan rings is 1. The molecule has 2 aromatic heterocycles. The van der Waals surface area contributed by atoms with Gasteiger partial charge in [-0.25, -0.2) is 4.39 Å². The van der Waals surface area contributed by atoms with E-state index < -0.39 is 5.82 Å². The van der Waals surface area contributed by atoms with Gasteiger partial charge in [0.2, 0.25) is 5.82 Å². The predicted molar refractivity (Wildman–Crippen MR) is 62.4 cm³/mol. The lowest BCUT2D eigenvalue weighted by atomic mass is 10.2. The summed E-state index contributed by atoms with van der Waals surface area (Å²) in [5.74, 6) is 0.275. The molecule has 0 unspecified atom stereocenters. The van der Waals surface area contributed by atoms with E-state index in [0.29, 0.717) is 10.8 Å². The minimum Gasteiger partial charge on any atom is -0.459 e. The molecule has 0 amide bonds. The first-order valence-electron chi connectivity index (χ1n) is 5.07. The monoisotopic (exact) mass is 264 g/mol. The number of halogens is 2. The maximum absolute atomic E-state index is 13.7. The van der Waals surface area contributed by atoms with Crippen molar-refractivity contribution in [3.63, 3.8) is 0 Å². The molecule has 90 valence electrons. The van der Waals surface area contributed by atoms with Gasteiger partial charge in [-0.1, -0.05) is 16.8 Å². The summed E-state index contributed by atoms with van der Waals surface area (Å²) in [6.45, 7) is 0. The summed E-state index contributed by atoms with van der Waals surface area (Å²) < 4.78 is 23.8. The van der Waals surface area contributed by atoms with Gasteiger partial charge in [-0.05, 0) is 30.3 Å². The lowest BCUT2D eigenvalue weighted by molar-refractivity contribution is 0.416. The Labute approximate surface area is 106 Å². The molecule has 2 heterocycles. The SMILES string of the molecule is Fc1cc(Cl)ccc1-c1noc(-c2ccco2)n1. The fourth-order valence-corrected chi connectivity index (χ4v) is 1.66. The molecule has 4 nitrogen and oxygen atoms in total. The summed E-state index contributed by atoms with van der Waals surface area (Å²) in [5.41, 5.74) is 0.223. The van der Waals surface area contributed by atoms with E-state index in [-0.39, 0.29) is 17.3 Å². The van der Waals surface area contributed by atoms with Gasteiger partial charge in [0.1, 0.15) is 5.82 Å². The molecule has 18 heavy (non-hydrogen) atoms. The molecule has 3 rings (SSSR count). The molecule has 0 bridgehead atoms. The molecule has 0 saturated heterocycles. The average molecular weight is 265 g/mol. The van der Waals surface area contributed by atoms with Crippen LogP contribution in [0, 0.1) is 5.82 Å². The van der Waals surface area contributed by atoms with E-state index in [9.17, 15) is 4.39 Å². The fourth-order valence-electron chi connectivity index (χ4n) is 1.50. The van der Waals surface area contributed by atoms with Gasteiger partial charge in [-0.2, -0.15) is 4.98 Å². The Morgan fingerprint density at radius 2 is 2.11 bits per heavy atom. The van der Waals surface area contributed by atoms with Crippen molar-refractivity contribution in [2.45, 2.75) is 0 Å². The van der Waals surface area contributed by atoms with Gasteiger partial charge >= 0.3 is 0 Å². The Hall–Kier alpha value is -2.14. The first-order valence-corrected chi connectivity index (χ1v) is 5.45. The summed E-state index contributed by atoms with van der Waals surface area (Å²) in [4.78, 5) is 4.06. The second-order valence-electron chi connectivity index (χ2n) is 3.52. The summed E-state index contributed by atoms with van der Waals surface area (Å²) in [7, 11) is 0. The van der Waals surface area contributed by atoms with Gasteiger partial charge in [-0.3, -0.25) is 0 Å². The highest BCUT2D eigenvalue weighted by molar-refractivity contribution is 6.30. The van der Waals surface area contributed by atoms with Gasteiger partial charge in [0.25, 0.3) is 5.89 Å². The smallest absolute Gasteiger partial charge is 0.293 e. The van der Waals surface area contributed by atoms with Crippen molar-refractivity contribution in [1.29, 1.82) is 0 Å². The molecule has 0 N–H and O–H groups in total. The van der Waals surface area contributed by atoms with Crippen LogP contribution in [0.2, 0.25) is 5.02 Å². The zero-order valence-corrected chi connectivity index (χ0v) is 9.69. The maximum atomic E-state index is 13.7. The van der Waals surface area contributed by atoms with Crippen molar-refractivity contribution >= 4 is 11.6 Å². The van der Waals surface area contributed by atoms with Crippen LogP contribution in [-0.2, 0) is 0 Å². The second-order valence-corrected chi connectivity index (χ2v) is 3.96. The van der Waals surface area contributed by atoms with Crippen LogP contribution in [0.5, 0.6) is 0 Å². The van der Waals surface area contributed by atoms with Gasteiger partial charge in [0, 0.05) is 5.02 Å². The fraction of sp³-hybridized carbons (Fsp3) is 0. The van der Waals surface area contributed by atoms with E-state index in [1.165, 1.54) is 18.4 Å². The van der Waals surface area contributed by atoms with Crippen LogP contribution in [0.3, 0.4) is 0 Å². The summed E-state index contributed by atoms with van der Waals surface area (Å²) >= 11 is 5.67. The minimum atomic E-state index is -0.505. The van der Waals surface area contributed by atoms with Crippen molar-refractivity contribution in [3.8, 4) is 23.0 Å². The molecule has 0 fully saturated rings. The predicted octanol–water partition coefficient (Wildman–Crippen LogP) is 3.79. The first kappa shape index (κ1) is 11.0. The van der Waals surface area contributed by atoms with Crippen molar-refractivity contribution in [1.82, 2.24) is 10.1 Å². The van der Waals surface area contributed by atoms with E-state index >= 15 is 0 Å². The molecule has 0 aliphatic carbocycles. The van der Waals surface area contributed by atoms with E-state index in [1.54, 1.807) is 18.2 Å². The van der Waals surface area contributed by atoms with Crippen LogP contribution in [-0.4, -0.2) is 10.1 Å². The van der Waals surface area contributed by atoms with E-state index in [2.05, 4.69) is 10.1 Å². The van der Waals surface area contributed by atoms with Crippen molar-refractivity contribution in [2.24, 2.45) is 0 Å². The maximum Gasteiger partial charge on any atom is 0.293 e. The Balaban J connectivity index is 2.03. The number of hydrogen-bond acceptors (Lipinski definition) is 4. The highest BCUT2D eigenvalue weighted by Gasteiger charge is 2.15. The molecular formula is C12H6ClFN2O2. The third-order valence-corrected chi connectivity index (χ3v) is 2.57. The first-order chi connectivity index (χ1) is 8.74. The third kappa shape index (κ3) is 1.89. The molecule has 0 radical (unpaired) electrons. The van der Waals surface area contributed by atoms with Crippen LogP contribution in [0.4, 0.5) is 4.39 Å². The molecule has 0 atom stereocenters. The Bertz CT molecular complexity index is 679. The van der Waals surface area contributed by atoms with E-state index in [4.69, 9.17) is 20.5 Å². The zero-order chi connectivity index (χ0) is 12.5. The van der Waals surface area contributed by atoms with Crippen LogP contribution < -0.4 is 0 Å². The number of hydrogen-bond donors (Lipinski definition) is 0. The largest absolute Gasteiger partial charge is 0.459 e. The number of rotatable bonds is 2. The summed E-state index contributed by atoms with van der Waals surface area (Å²) in [6, 6.07) is 7.62. The zero-order valence-electron chi connectivity index (χ0n) is 8.93. The topological polar surface area (TPSA) is 52.1 Å². The Morgan fingerprint density at radius 1 is 1.22 bits per heavy atom. The summed E-state index contributed by atoms with van der Waals surface area (Å²) in [6.07, 6.45) is 1.49. The van der Waals surface area contributed by atoms with Gasteiger partial charge < -0.3 is 8.94 Å². The molecule has 1 aromatic carbocycles. The van der Waals surface area contributed by atoms with Crippen LogP contribution in [0.15, 0.2) is 45.5 Å². The Morgan fingerprint density at radius 3 is 2.83 bits per heavy atom. The van der Waals surface area contributed by atoms with Crippen molar-refractivity contribution in [3.05, 3.63) is 47.4 Å².